The van der Waals surface area contributed by atoms with Crippen LogP contribution >= 0.6 is 0 Å². The maximum atomic E-state index is 11.4. The average Bonchev–Trinajstić information content (AvgIpc) is 3.09. The Hall–Kier alpha value is -1.75. The molecule has 0 radical (unpaired) electrons. The van der Waals surface area contributed by atoms with Crippen LogP contribution in [0.15, 0.2) is 18.2 Å². The van der Waals surface area contributed by atoms with Gasteiger partial charge in [0.05, 0.1) is 5.56 Å². The molecule has 1 aromatic carbocycles. The summed E-state index contributed by atoms with van der Waals surface area (Å²) < 4.78 is 0. The topological polar surface area (TPSA) is 75.6 Å². The molecule has 2 aliphatic heterocycles. The van der Waals surface area contributed by atoms with E-state index in [1.807, 2.05) is 12.1 Å². The lowest BCUT2D eigenvalue weighted by atomic mass is 10.1. The second-order valence-corrected chi connectivity index (χ2v) is 5.77. The molecule has 1 atom stereocenters. The maximum absolute atomic E-state index is 11.4. The standard InChI is InChI=1S/C15H22N4O/c16-14-4-3-11(9-13(14)15(17)20)19-8-5-12(10-19)18-6-1-2-7-18/h3-4,9,12H,1-2,5-8,10,16H2,(H2,17,20). The highest BCUT2D eigenvalue weighted by Crippen LogP contribution is 2.27. The van der Waals surface area contributed by atoms with E-state index in [4.69, 9.17) is 11.5 Å². The minimum Gasteiger partial charge on any atom is -0.398 e. The number of amides is 1. The van der Waals surface area contributed by atoms with Gasteiger partial charge in [-0.25, -0.2) is 0 Å². The maximum Gasteiger partial charge on any atom is 0.250 e. The first-order valence-corrected chi connectivity index (χ1v) is 7.33. The molecule has 0 spiro atoms. The Balaban J connectivity index is 1.74. The molecule has 4 N–H and O–H groups in total. The van der Waals surface area contributed by atoms with Crippen molar-refractivity contribution in [2.24, 2.45) is 5.73 Å². The average molecular weight is 274 g/mol. The number of rotatable bonds is 3. The second kappa shape index (κ2) is 5.32. The van der Waals surface area contributed by atoms with Gasteiger partial charge in [-0.3, -0.25) is 9.69 Å². The summed E-state index contributed by atoms with van der Waals surface area (Å²) in [6.45, 7) is 4.52. The van der Waals surface area contributed by atoms with E-state index in [-0.39, 0.29) is 0 Å². The van der Waals surface area contributed by atoms with Crippen LogP contribution in [0.25, 0.3) is 0 Å². The summed E-state index contributed by atoms with van der Waals surface area (Å²) in [4.78, 5) is 16.3. The highest BCUT2D eigenvalue weighted by Gasteiger charge is 2.29. The van der Waals surface area contributed by atoms with Gasteiger partial charge in [-0.15, -0.1) is 0 Å². The Morgan fingerprint density at radius 1 is 1.20 bits per heavy atom. The van der Waals surface area contributed by atoms with E-state index in [1.165, 1.54) is 32.4 Å². The highest BCUT2D eigenvalue weighted by molar-refractivity contribution is 5.99. The van der Waals surface area contributed by atoms with Gasteiger partial charge < -0.3 is 16.4 Å². The zero-order chi connectivity index (χ0) is 14.1. The van der Waals surface area contributed by atoms with Crippen molar-refractivity contribution in [1.82, 2.24) is 4.90 Å². The zero-order valence-corrected chi connectivity index (χ0v) is 11.7. The molecule has 1 unspecified atom stereocenters. The number of carbonyl (C=O) groups excluding carboxylic acids is 1. The molecule has 2 fully saturated rings. The fraction of sp³-hybridized carbons (Fsp3) is 0.533. The van der Waals surface area contributed by atoms with E-state index < -0.39 is 5.91 Å². The number of nitrogens with two attached hydrogens (primary N) is 2. The van der Waals surface area contributed by atoms with Crippen molar-refractivity contribution in [3.63, 3.8) is 0 Å². The largest absolute Gasteiger partial charge is 0.398 e. The minimum atomic E-state index is -0.459. The highest BCUT2D eigenvalue weighted by atomic mass is 16.1. The first-order valence-electron chi connectivity index (χ1n) is 7.33. The van der Waals surface area contributed by atoms with Crippen LogP contribution in [0.2, 0.25) is 0 Å². The Morgan fingerprint density at radius 2 is 1.95 bits per heavy atom. The van der Waals surface area contributed by atoms with E-state index in [2.05, 4.69) is 9.80 Å². The quantitative estimate of drug-likeness (QED) is 0.808. The number of primary amides is 1. The summed E-state index contributed by atoms with van der Waals surface area (Å²) in [5.74, 6) is -0.459. The first kappa shape index (κ1) is 13.2. The minimum absolute atomic E-state index is 0.423. The van der Waals surface area contributed by atoms with Crippen molar-refractivity contribution in [3.05, 3.63) is 23.8 Å². The zero-order valence-electron chi connectivity index (χ0n) is 11.7. The smallest absolute Gasteiger partial charge is 0.250 e. The number of likely N-dealkylation sites (tertiary alicyclic amines) is 1. The molecule has 3 rings (SSSR count). The van der Waals surface area contributed by atoms with Crippen LogP contribution in [0.1, 0.15) is 29.6 Å². The van der Waals surface area contributed by atoms with Crippen molar-refractivity contribution in [2.45, 2.75) is 25.3 Å². The van der Waals surface area contributed by atoms with E-state index in [1.54, 1.807) is 6.07 Å². The van der Waals surface area contributed by atoms with Crippen LogP contribution < -0.4 is 16.4 Å². The number of carbonyl (C=O) groups is 1. The summed E-state index contributed by atoms with van der Waals surface area (Å²) >= 11 is 0. The summed E-state index contributed by atoms with van der Waals surface area (Å²) in [6, 6.07) is 6.23. The molecule has 0 aromatic heterocycles. The lowest BCUT2D eigenvalue weighted by Gasteiger charge is -2.24. The van der Waals surface area contributed by atoms with Gasteiger partial charge in [0, 0.05) is 30.5 Å². The van der Waals surface area contributed by atoms with Crippen LogP contribution in [-0.4, -0.2) is 43.0 Å². The Bertz CT molecular complexity index is 511. The third-order valence-corrected chi connectivity index (χ3v) is 4.49. The number of hydrogen-bond donors (Lipinski definition) is 2. The molecule has 0 bridgehead atoms. The van der Waals surface area contributed by atoms with Crippen molar-refractivity contribution in [2.75, 3.05) is 36.8 Å². The number of hydrogen-bond acceptors (Lipinski definition) is 4. The molecule has 2 heterocycles. The van der Waals surface area contributed by atoms with Gasteiger partial charge in [0.2, 0.25) is 0 Å². The first-order chi connectivity index (χ1) is 9.65. The molecule has 1 aromatic rings. The Labute approximate surface area is 119 Å². The van der Waals surface area contributed by atoms with Crippen LogP contribution in [-0.2, 0) is 0 Å². The number of nitrogens with zero attached hydrogens (tertiary/aromatic N) is 2. The van der Waals surface area contributed by atoms with E-state index in [0.29, 0.717) is 17.3 Å². The normalized spacial score (nSPS) is 23.4. The van der Waals surface area contributed by atoms with Crippen LogP contribution in [0.3, 0.4) is 0 Å². The molecule has 5 heteroatoms. The molecular weight excluding hydrogens is 252 g/mol. The molecule has 108 valence electrons. The lowest BCUT2D eigenvalue weighted by molar-refractivity contribution is 0.100. The summed E-state index contributed by atoms with van der Waals surface area (Å²) in [7, 11) is 0. The van der Waals surface area contributed by atoms with Gasteiger partial charge >= 0.3 is 0 Å². The van der Waals surface area contributed by atoms with Gasteiger partial charge in [0.25, 0.3) is 5.91 Å². The number of nitrogen functional groups attached to an aromatic ring is 1. The monoisotopic (exact) mass is 274 g/mol. The van der Waals surface area contributed by atoms with Gasteiger partial charge in [-0.05, 0) is 50.6 Å². The fourth-order valence-electron chi connectivity index (χ4n) is 3.34. The van der Waals surface area contributed by atoms with Crippen molar-refractivity contribution < 1.29 is 4.79 Å². The molecule has 5 nitrogen and oxygen atoms in total. The van der Waals surface area contributed by atoms with Gasteiger partial charge in [0.15, 0.2) is 0 Å². The second-order valence-electron chi connectivity index (χ2n) is 5.77. The van der Waals surface area contributed by atoms with Crippen LogP contribution in [0, 0.1) is 0 Å². The van der Waals surface area contributed by atoms with Gasteiger partial charge in [-0.2, -0.15) is 0 Å². The Kier molecular flexibility index (Phi) is 3.53. The van der Waals surface area contributed by atoms with Crippen LogP contribution in [0.4, 0.5) is 11.4 Å². The molecular formula is C15H22N4O. The Morgan fingerprint density at radius 3 is 2.65 bits per heavy atom. The molecule has 2 saturated heterocycles. The predicted octanol–water partition coefficient (Wildman–Crippen LogP) is 1.04. The lowest BCUT2D eigenvalue weighted by Crippen LogP contribution is -2.35. The fourth-order valence-corrected chi connectivity index (χ4v) is 3.34. The van der Waals surface area contributed by atoms with Crippen molar-refractivity contribution >= 4 is 17.3 Å². The third kappa shape index (κ3) is 2.45. The van der Waals surface area contributed by atoms with E-state index in [0.717, 1.165) is 18.8 Å². The van der Waals surface area contributed by atoms with Gasteiger partial charge in [-0.1, -0.05) is 0 Å². The summed E-state index contributed by atoms with van der Waals surface area (Å²) in [5.41, 5.74) is 13.1. The van der Waals surface area contributed by atoms with E-state index in [9.17, 15) is 4.79 Å². The third-order valence-electron chi connectivity index (χ3n) is 4.49. The molecule has 20 heavy (non-hydrogen) atoms. The molecule has 1 amide bonds. The van der Waals surface area contributed by atoms with Crippen LogP contribution in [0.5, 0.6) is 0 Å². The van der Waals surface area contributed by atoms with Crippen molar-refractivity contribution in [1.29, 1.82) is 0 Å². The number of benzene rings is 1. The predicted molar refractivity (Wildman–Crippen MR) is 80.8 cm³/mol. The van der Waals surface area contributed by atoms with Gasteiger partial charge in [0.1, 0.15) is 0 Å². The van der Waals surface area contributed by atoms with E-state index >= 15 is 0 Å². The summed E-state index contributed by atoms with van der Waals surface area (Å²) in [5, 5.41) is 0. The van der Waals surface area contributed by atoms with Crippen molar-refractivity contribution in [3.8, 4) is 0 Å². The molecule has 0 aliphatic carbocycles. The molecule has 2 aliphatic rings. The summed E-state index contributed by atoms with van der Waals surface area (Å²) in [6.07, 6.45) is 3.84. The SMILES string of the molecule is NC(=O)c1cc(N2CCC(N3CCCC3)C2)ccc1N. The molecule has 0 saturated carbocycles. The number of anilines is 2.